The number of aryl methyl sites for hydroxylation is 2. The van der Waals surface area contributed by atoms with Crippen molar-refractivity contribution < 1.29 is 9.15 Å². The number of hydrogen-bond donors (Lipinski definition) is 1. The molecule has 0 aliphatic rings. The van der Waals surface area contributed by atoms with Gasteiger partial charge in [0.25, 0.3) is 0 Å². The van der Waals surface area contributed by atoms with E-state index in [1.807, 2.05) is 20.8 Å². The lowest BCUT2D eigenvalue weighted by Gasteiger charge is -2.07. The lowest BCUT2D eigenvalue weighted by atomic mass is 10.0. The summed E-state index contributed by atoms with van der Waals surface area (Å²) in [6.07, 6.45) is 0.684. The topological polar surface area (TPSA) is 61.3 Å². The van der Waals surface area contributed by atoms with E-state index in [0.717, 1.165) is 33.5 Å². The molecular weight excluding hydrogens is 216 g/mol. The quantitative estimate of drug-likeness (QED) is 0.829. The molecule has 0 saturated heterocycles. The Morgan fingerprint density at radius 2 is 1.88 bits per heavy atom. The van der Waals surface area contributed by atoms with Gasteiger partial charge in [-0.3, -0.25) is 0 Å². The molecule has 0 spiro atoms. The fraction of sp³-hybridized carbons (Fsp3) is 0.462. The molecule has 0 unspecified atom stereocenters. The second kappa shape index (κ2) is 4.37. The standard InChI is InChI=1S/C13H18N2O2/c1-7-8(2)12-13(9(3)11(7)14)17-10(15-12)5-6-16-4/h5-6,14H2,1-4H3. The molecule has 1 aromatic carbocycles. The fourth-order valence-electron chi connectivity index (χ4n) is 1.95. The second-order valence-electron chi connectivity index (χ2n) is 4.32. The molecule has 0 fully saturated rings. The van der Waals surface area contributed by atoms with E-state index in [9.17, 15) is 0 Å². The molecule has 17 heavy (non-hydrogen) atoms. The molecule has 0 aliphatic heterocycles. The number of rotatable bonds is 3. The zero-order chi connectivity index (χ0) is 12.6. The molecule has 92 valence electrons. The first-order valence-corrected chi connectivity index (χ1v) is 5.69. The summed E-state index contributed by atoms with van der Waals surface area (Å²) in [4.78, 5) is 4.51. The Balaban J connectivity index is 2.60. The van der Waals surface area contributed by atoms with Crippen molar-refractivity contribution in [3.8, 4) is 0 Å². The minimum absolute atomic E-state index is 0.610. The number of hydrogen-bond acceptors (Lipinski definition) is 4. The van der Waals surface area contributed by atoms with Gasteiger partial charge in [0.05, 0.1) is 6.61 Å². The molecule has 4 nitrogen and oxygen atoms in total. The van der Waals surface area contributed by atoms with Crippen molar-refractivity contribution in [3.05, 3.63) is 22.6 Å². The Labute approximate surface area is 101 Å². The van der Waals surface area contributed by atoms with Gasteiger partial charge < -0.3 is 14.9 Å². The summed E-state index contributed by atoms with van der Waals surface area (Å²) in [6.45, 7) is 6.62. The third-order valence-corrected chi connectivity index (χ3v) is 3.26. The Hall–Kier alpha value is -1.55. The van der Waals surface area contributed by atoms with E-state index in [4.69, 9.17) is 14.9 Å². The van der Waals surface area contributed by atoms with Gasteiger partial charge in [0.15, 0.2) is 11.5 Å². The highest BCUT2D eigenvalue weighted by Gasteiger charge is 2.15. The number of ether oxygens (including phenoxy) is 1. The van der Waals surface area contributed by atoms with E-state index in [1.165, 1.54) is 0 Å². The summed E-state index contributed by atoms with van der Waals surface area (Å²) in [6, 6.07) is 0. The van der Waals surface area contributed by atoms with Gasteiger partial charge in [0.2, 0.25) is 0 Å². The van der Waals surface area contributed by atoms with Gasteiger partial charge in [-0.15, -0.1) is 0 Å². The SMILES string of the molecule is COCCc1nc2c(C)c(C)c(N)c(C)c2o1. The van der Waals surface area contributed by atoms with Crippen LogP contribution < -0.4 is 5.73 Å². The fourth-order valence-corrected chi connectivity index (χ4v) is 1.95. The number of methoxy groups -OCH3 is 1. The predicted molar refractivity (Wildman–Crippen MR) is 68.2 cm³/mol. The Kier molecular flexibility index (Phi) is 3.07. The number of fused-ring (bicyclic) bond motifs is 1. The summed E-state index contributed by atoms with van der Waals surface area (Å²) >= 11 is 0. The molecular formula is C13H18N2O2. The van der Waals surface area contributed by atoms with Gasteiger partial charge in [-0.05, 0) is 31.9 Å². The van der Waals surface area contributed by atoms with Crippen LogP contribution >= 0.6 is 0 Å². The van der Waals surface area contributed by atoms with Crippen LogP contribution in [0.25, 0.3) is 11.1 Å². The molecule has 1 aromatic heterocycles. The molecule has 4 heteroatoms. The van der Waals surface area contributed by atoms with Crippen LogP contribution in [0.1, 0.15) is 22.6 Å². The lowest BCUT2D eigenvalue weighted by molar-refractivity contribution is 0.196. The maximum Gasteiger partial charge on any atom is 0.197 e. The molecule has 0 atom stereocenters. The summed E-state index contributed by atoms with van der Waals surface area (Å²) < 4.78 is 10.8. The van der Waals surface area contributed by atoms with Crippen molar-refractivity contribution in [3.63, 3.8) is 0 Å². The largest absolute Gasteiger partial charge is 0.440 e. The summed E-state index contributed by atoms with van der Waals surface area (Å²) in [7, 11) is 1.67. The van der Waals surface area contributed by atoms with Crippen LogP contribution in [0.15, 0.2) is 4.42 Å². The van der Waals surface area contributed by atoms with Gasteiger partial charge in [-0.1, -0.05) is 0 Å². The first-order chi connectivity index (χ1) is 8.06. The molecule has 0 bridgehead atoms. The van der Waals surface area contributed by atoms with Crippen molar-refractivity contribution in [2.45, 2.75) is 27.2 Å². The zero-order valence-electron chi connectivity index (χ0n) is 10.8. The maximum atomic E-state index is 6.05. The van der Waals surface area contributed by atoms with E-state index in [-0.39, 0.29) is 0 Å². The third kappa shape index (κ3) is 1.89. The highest BCUT2D eigenvalue weighted by atomic mass is 16.5. The smallest absolute Gasteiger partial charge is 0.197 e. The summed E-state index contributed by atoms with van der Waals surface area (Å²) in [5.41, 5.74) is 11.7. The molecule has 0 amide bonds. The monoisotopic (exact) mass is 234 g/mol. The van der Waals surface area contributed by atoms with Crippen molar-refractivity contribution in [1.29, 1.82) is 0 Å². The molecule has 2 aromatic rings. The Morgan fingerprint density at radius 3 is 2.53 bits per heavy atom. The van der Waals surface area contributed by atoms with E-state index < -0.39 is 0 Å². The average molecular weight is 234 g/mol. The first kappa shape index (κ1) is 11.9. The van der Waals surface area contributed by atoms with E-state index in [1.54, 1.807) is 7.11 Å². The van der Waals surface area contributed by atoms with Crippen LogP contribution in [-0.2, 0) is 11.2 Å². The summed E-state index contributed by atoms with van der Waals surface area (Å²) in [5.74, 6) is 0.707. The van der Waals surface area contributed by atoms with Gasteiger partial charge in [0.1, 0.15) is 5.52 Å². The number of benzene rings is 1. The Morgan fingerprint density at radius 1 is 1.18 bits per heavy atom. The first-order valence-electron chi connectivity index (χ1n) is 5.69. The minimum Gasteiger partial charge on any atom is -0.440 e. The number of nitrogens with zero attached hydrogens (tertiary/aromatic N) is 1. The van der Waals surface area contributed by atoms with Crippen molar-refractivity contribution >= 4 is 16.8 Å². The normalized spacial score (nSPS) is 11.3. The molecule has 1 heterocycles. The lowest BCUT2D eigenvalue weighted by Crippen LogP contribution is -1.97. The highest BCUT2D eigenvalue weighted by molar-refractivity contribution is 5.87. The number of aromatic nitrogens is 1. The minimum atomic E-state index is 0.610. The van der Waals surface area contributed by atoms with Crippen LogP contribution in [0, 0.1) is 20.8 Å². The number of oxazole rings is 1. The van der Waals surface area contributed by atoms with Crippen molar-refractivity contribution in [2.75, 3.05) is 19.5 Å². The molecule has 0 radical (unpaired) electrons. The zero-order valence-corrected chi connectivity index (χ0v) is 10.8. The van der Waals surface area contributed by atoms with Crippen molar-refractivity contribution in [1.82, 2.24) is 4.98 Å². The average Bonchev–Trinajstić information content (AvgIpc) is 2.75. The molecule has 2 N–H and O–H groups in total. The van der Waals surface area contributed by atoms with Gasteiger partial charge in [0, 0.05) is 24.8 Å². The van der Waals surface area contributed by atoms with E-state index in [0.29, 0.717) is 18.9 Å². The van der Waals surface area contributed by atoms with Crippen LogP contribution in [0.2, 0.25) is 0 Å². The number of anilines is 1. The molecule has 2 rings (SSSR count). The van der Waals surface area contributed by atoms with E-state index in [2.05, 4.69) is 4.98 Å². The van der Waals surface area contributed by atoms with Crippen LogP contribution in [0.4, 0.5) is 5.69 Å². The van der Waals surface area contributed by atoms with Crippen LogP contribution in [0.3, 0.4) is 0 Å². The van der Waals surface area contributed by atoms with Gasteiger partial charge in [-0.25, -0.2) is 4.98 Å². The molecule has 0 saturated carbocycles. The van der Waals surface area contributed by atoms with Gasteiger partial charge in [-0.2, -0.15) is 0 Å². The Bertz CT molecular complexity index is 513. The second-order valence-corrected chi connectivity index (χ2v) is 4.32. The van der Waals surface area contributed by atoms with Crippen LogP contribution in [-0.4, -0.2) is 18.7 Å². The van der Waals surface area contributed by atoms with Crippen molar-refractivity contribution in [2.24, 2.45) is 0 Å². The molecule has 0 aliphatic carbocycles. The number of nitrogen functional groups attached to an aromatic ring is 1. The van der Waals surface area contributed by atoms with Gasteiger partial charge >= 0.3 is 0 Å². The van der Waals surface area contributed by atoms with Crippen LogP contribution in [0.5, 0.6) is 0 Å². The predicted octanol–water partition coefficient (Wildman–Crippen LogP) is 2.52. The summed E-state index contributed by atoms with van der Waals surface area (Å²) in [5, 5.41) is 0. The highest BCUT2D eigenvalue weighted by Crippen LogP contribution is 2.31. The maximum absolute atomic E-state index is 6.05. The van der Waals surface area contributed by atoms with E-state index >= 15 is 0 Å². The third-order valence-electron chi connectivity index (χ3n) is 3.26. The number of nitrogens with two attached hydrogens (primary N) is 1.